The van der Waals surface area contributed by atoms with Crippen LogP contribution in [0, 0.1) is 11.3 Å². The Morgan fingerprint density at radius 2 is 2.18 bits per heavy atom. The molecule has 0 radical (unpaired) electrons. The molecule has 0 aromatic carbocycles. The van der Waals surface area contributed by atoms with E-state index in [1.807, 2.05) is 6.07 Å². The molecule has 90 valence electrons. The first-order valence-corrected chi connectivity index (χ1v) is 5.96. The monoisotopic (exact) mass is 232 g/mol. The van der Waals surface area contributed by atoms with Gasteiger partial charge >= 0.3 is 0 Å². The number of anilines is 1. The van der Waals surface area contributed by atoms with Crippen LogP contribution in [0.4, 0.5) is 5.82 Å². The first-order chi connectivity index (χ1) is 8.38. The number of aromatic nitrogens is 2. The maximum atomic E-state index is 8.57. The molecule has 1 aliphatic carbocycles. The van der Waals surface area contributed by atoms with E-state index in [9.17, 15) is 0 Å². The fourth-order valence-electron chi connectivity index (χ4n) is 1.94. The number of hydrogen-bond acceptors (Lipinski definition) is 5. The molecule has 1 N–H and O–H groups in total. The van der Waals surface area contributed by atoms with Gasteiger partial charge in [0.25, 0.3) is 0 Å². The molecule has 0 spiro atoms. The van der Waals surface area contributed by atoms with Crippen molar-refractivity contribution in [1.29, 1.82) is 5.26 Å². The number of hydrogen-bond donors (Lipinski definition) is 1. The summed E-state index contributed by atoms with van der Waals surface area (Å²) in [5.41, 5.74) is 0.331. The standard InChI is InChI=1S/C12H16N4O/c13-7-10-8-16-12(9-15-10)14-5-6-17-11-3-1-2-4-11/h8-9,11H,1-6H2,(H,14,16). The van der Waals surface area contributed by atoms with Gasteiger partial charge in [0, 0.05) is 6.54 Å². The molecule has 1 saturated carbocycles. The van der Waals surface area contributed by atoms with Crippen molar-refractivity contribution < 1.29 is 4.74 Å². The Morgan fingerprint density at radius 1 is 1.35 bits per heavy atom. The van der Waals surface area contributed by atoms with Crippen molar-refractivity contribution in [1.82, 2.24) is 9.97 Å². The van der Waals surface area contributed by atoms with E-state index in [2.05, 4.69) is 15.3 Å². The lowest BCUT2D eigenvalue weighted by Crippen LogP contribution is -2.15. The lowest BCUT2D eigenvalue weighted by atomic mass is 10.3. The van der Waals surface area contributed by atoms with Crippen molar-refractivity contribution in [3.63, 3.8) is 0 Å². The summed E-state index contributed by atoms with van der Waals surface area (Å²) in [5.74, 6) is 0.680. The summed E-state index contributed by atoms with van der Waals surface area (Å²) in [5, 5.41) is 11.7. The van der Waals surface area contributed by atoms with Crippen molar-refractivity contribution in [3.05, 3.63) is 18.1 Å². The first-order valence-electron chi connectivity index (χ1n) is 5.96. The molecule has 1 fully saturated rings. The number of ether oxygens (including phenoxy) is 1. The van der Waals surface area contributed by atoms with Crippen molar-refractivity contribution in [2.24, 2.45) is 0 Å². The molecule has 0 saturated heterocycles. The highest BCUT2D eigenvalue weighted by atomic mass is 16.5. The molecular formula is C12H16N4O. The third-order valence-electron chi connectivity index (χ3n) is 2.83. The minimum Gasteiger partial charge on any atom is -0.376 e. The molecule has 0 bridgehead atoms. The van der Waals surface area contributed by atoms with Gasteiger partial charge in [-0.2, -0.15) is 5.26 Å². The maximum Gasteiger partial charge on any atom is 0.158 e. The highest BCUT2D eigenvalue weighted by Crippen LogP contribution is 2.20. The predicted octanol–water partition coefficient (Wildman–Crippen LogP) is 1.72. The van der Waals surface area contributed by atoms with Gasteiger partial charge in [0.15, 0.2) is 5.69 Å². The third-order valence-corrected chi connectivity index (χ3v) is 2.83. The SMILES string of the molecule is N#Cc1cnc(NCCOC2CCCC2)cn1. The quantitative estimate of drug-likeness (QED) is 0.783. The van der Waals surface area contributed by atoms with Crippen LogP contribution in [0.1, 0.15) is 31.4 Å². The summed E-state index contributed by atoms with van der Waals surface area (Å²) >= 11 is 0. The molecule has 0 atom stereocenters. The Labute approximate surface area is 101 Å². The van der Waals surface area contributed by atoms with E-state index in [1.165, 1.54) is 31.9 Å². The molecule has 17 heavy (non-hydrogen) atoms. The van der Waals surface area contributed by atoms with Crippen LogP contribution in [-0.2, 0) is 4.74 Å². The molecule has 1 aromatic heterocycles. The Hall–Kier alpha value is -1.67. The lowest BCUT2D eigenvalue weighted by molar-refractivity contribution is 0.0658. The van der Waals surface area contributed by atoms with Crippen LogP contribution < -0.4 is 5.32 Å². The van der Waals surface area contributed by atoms with Crippen LogP contribution in [0.15, 0.2) is 12.4 Å². The summed E-state index contributed by atoms with van der Waals surface area (Å²) in [6.07, 6.45) is 8.43. The largest absolute Gasteiger partial charge is 0.376 e. The average Bonchev–Trinajstić information content (AvgIpc) is 2.88. The van der Waals surface area contributed by atoms with Crippen molar-refractivity contribution >= 4 is 5.82 Å². The predicted molar refractivity (Wildman–Crippen MR) is 63.4 cm³/mol. The normalized spacial score (nSPS) is 15.7. The van der Waals surface area contributed by atoms with E-state index >= 15 is 0 Å². The van der Waals surface area contributed by atoms with E-state index < -0.39 is 0 Å². The summed E-state index contributed by atoms with van der Waals surface area (Å²) in [7, 11) is 0. The molecule has 2 rings (SSSR count). The van der Waals surface area contributed by atoms with Gasteiger partial charge in [0.2, 0.25) is 0 Å². The molecule has 1 heterocycles. The second-order valence-corrected chi connectivity index (χ2v) is 4.10. The van der Waals surface area contributed by atoms with Gasteiger partial charge in [-0.3, -0.25) is 0 Å². The van der Waals surface area contributed by atoms with Gasteiger partial charge in [-0.1, -0.05) is 12.8 Å². The fourth-order valence-corrected chi connectivity index (χ4v) is 1.94. The van der Waals surface area contributed by atoms with Gasteiger partial charge in [0.05, 0.1) is 25.1 Å². The third kappa shape index (κ3) is 3.68. The Kier molecular flexibility index (Phi) is 4.28. The number of nitrogens with zero attached hydrogens (tertiary/aromatic N) is 3. The summed E-state index contributed by atoms with van der Waals surface area (Å²) in [4.78, 5) is 7.99. The first kappa shape index (κ1) is 11.8. The number of rotatable bonds is 5. The zero-order chi connectivity index (χ0) is 11.9. The smallest absolute Gasteiger partial charge is 0.158 e. The second kappa shape index (κ2) is 6.16. The highest BCUT2D eigenvalue weighted by Gasteiger charge is 2.14. The molecule has 1 aromatic rings. The van der Waals surface area contributed by atoms with Gasteiger partial charge in [0.1, 0.15) is 11.9 Å². The molecule has 0 unspecified atom stereocenters. The van der Waals surface area contributed by atoms with E-state index in [4.69, 9.17) is 10.00 Å². The van der Waals surface area contributed by atoms with Crippen LogP contribution in [0.5, 0.6) is 0 Å². The van der Waals surface area contributed by atoms with E-state index in [1.54, 1.807) is 6.20 Å². The maximum absolute atomic E-state index is 8.57. The summed E-state index contributed by atoms with van der Waals surface area (Å²) < 4.78 is 5.71. The minimum absolute atomic E-state index is 0.331. The molecule has 5 heteroatoms. The zero-order valence-electron chi connectivity index (χ0n) is 9.72. The molecule has 1 aliphatic rings. The number of nitriles is 1. The van der Waals surface area contributed by atoms with Crippen molar-refractivity contribution in [3.8, 4) is 6.07 Å². The van der Waals surface area contributed by atoms with E-state index in [0.717, 1.165) is 6.54 Å². The molecule has 0 amide bonds. The van der Waals surface area contributed by atoms with Crippen LogP contribution in [-0.4, -0.2) is 29.2 Å². The minimum atomic E-state index is 0.331. The van der Waals surface area contributed by atoms with Gasteiger partial charge in [-0.05, 0) is 12.8 Å². The van der Waals surface area contributed by atoms with Crippen LogP contribution in [0.2, 0.25) is 0 Å². The summed E-state index contributed by atoms with van der Waals surface area (Å²) in [6.45, 7) is 1.41. The Bertz CT molecular complexity index is 378. The second-order valence-electron chi connectivity index (χ2n) is 4.10. The van der Waals surface area contributed by atoms with Crippen LogP contribution in [0.3, 0.4) is 0 Å². The van der Waals surface area contributed by atoms with Crippen LogP contribution >= 0.6 is 0 Å². The molecule has 0 aliphatic heterocycles. The number of nitrogens with one attached hydrogen (secondary N) is 1. The van der Waals surface area contributed by atoms with Crippen molar-refractivity contribution in [2.45, 2.75) is 31.8 Å². The van der Waals surface area contributed by atoms with E-state index in [0.29, 0.717) is 24.2 Å². The fraction of sp³-hybridized carbons (Fsp3) is 0.583. The van der Waals surface area contributed by atoms with Gasteiger partial charge < -0.3 is 10.1 Å². The lowest BCUT2D eigenvalue weighted by Gasteiger charge is -2.11. The molecular weight excluding hydrogens is 216 g/mol. The topological polar surface area (TPSA) is 70.8 Å². The van der Waals surface area contributed by atoms with Crippen molar-refractivity contribution in [2.75, 3.05) is 18.5 Å². The average molecular weight is 232 g/mol. The molecule has 5 nitrogen and oxygen atoms in total. The van der Waals surface area contributed by atoms with Gasteiger partial charge in [-0.15, -0.1) is 0 Å². The Morgan fingerprint density at radius 3 is 2.82 bits per heavy atom. The zero-order valence-corrected chi connectivity index (χ0v) is 9.72. The van der Waals surface area contributed by atoms with Crippen LogP contribution in [0.25, 0.3) is 0 Å². The highest BCUT2D eigenvalue weighted by molar-refractivity contribution is 5.32. The van der Waals surface area contributed by atoms with Gasteiger partial charge in [-0.25, -0.2) is 9.97 Å². The summed E-state index contributed by atoms with van der Waals surface area (Å²) in [6, 6.07) is 1.93. The Balaban J connectivity index is 1.65. The van der Waals surface area contributed by atoms with E-state index in [-0.39, 0.29) is 0 Å².